The van der Waals surface area contributed by atoms with Crippen LogP contribution >= 0.6 is 0 Å². The number of ketones is 3. The second kappa shape index (κ2) is 19.1. The first kappa shape index (κ1) is 32.8. The van der Waals surface area contributed by atoms with Crippen molar-refractivity contribution in [1.82, 2.24) is 0 Å². The van der Waals surface area contributed by atoms with Gasteiger partial charge in [0.2, 0.25) is 0 Å². The number of aliphatic imine (C=N–C) groups is 1. The summed E-state index contributed by atoms with van der Waals surface area (Å²) in [4.78, 5) is 35.7. The summed E-state index contributed by atoms with van der Waals surface area (Å²) in [7, 11) is 0. The van der Waals surface area contributed by atoms with Crippen LogP contribution in [-0.2, 0) is 14.4 Å². The number of hydrogen-bond acceptors (Lipinski definition) is 7. The second-order valence-corrected chi connectivity index (χ2v) is 7.71. The Morgan fingerprint density at radius 1 is 0.767 bits per heavy atom. The van der Waals surface area contributed by atoms with E-state index in [9.17, 15) is 14.4 Å². The summed E-state index contributed by atoms with van der Waals surface area (Å²) in [5, 5.41) is 0. The standard InChI is InChI=1S/C7H16N4O.2C7H15NO/c1-5(12)6(8)3-2-4-11-7(9)10;2*1-4-5(2)7(8)6(3)9/h6H,2-4,8H2,1H3,(H4,9,10,11);2*5,7H,4,8H2,1-3H3/t6-;5-,7-;/m11./s1. The Hall–Kier alpha value is -1.84. The highest BCUT2D eigenvalue weighted by Crippen LogP contribution is 2.05. The second-order valence-electron chi connectivity index (χ2n) is 7.71. The van der Waals surface area contributed by atoms with Gasteiger partial charge < -0.3 is 28.7 Å². The molecule has 0 aromatic rings. The minimum Gasteiger partial charge on any atom is -0.370 e. The zero-order valence-electron chi connectivity index (χ0n) is 20.0. The highest BCUT2D eigenvalue weighted by molar-refractivity contribution is 5.82. The fraction of sp³-hybridized carbons (Fsp3) is 0.810. The Bertz CT molecular complexity index is 495. The first-order chi connectivity index (χ1) is 13.7. The first-order valence-corrected chi connectivity index (χ1v) is 10.6. The Balaban J connectivity index is -0.000000371. The van der Waals surface area contributed by atoms with Gasteiger partial charge in [-0.2, -0.15) is 0 Å². The molecule has 0 heterocycles. The minimum absolute atomic E-state index is 0.000278. The number of carbonyl (C=O) groups excluding carboxylic acids is 3. The summed E-state index contributed by atoms with van der Waals surface area (Å²) < 4.78 is 0. The molecule has 0 spiro atoms. The van der Waals surface area contributed by atoms with Crippen LogP contribution in [0.5, 0.6) is 0 Å². The summed E-state index contributed by atoms with van der Waals surface area (Å²) in [6.45, 7) is 13.1. The summed E-state index contributed by atoms with van der Waals surface area (Å²) in [6, 6.07) is -0.885. The number of guanidine groups is 1. The largest absolute Gasteiger partial charge is 0.370 e. The van der Waals surface area contributed by atoms with Crippen LogP contribution in [0.3, 0.4) is 0 Å². The van der Waals surface area contributed by atoms with E-state index in [0.29, 0.717) is 24.8 Å². The number of nitrogens with zero attached hydrogens (tertiary/aromatic N) is 1. The van der Waals surface area contributed by atoms with Crippen LogP contribution in [0.4, 0.5) is 0 Å². The molecular formula is C21H46N6O3. The van der Waals surface area contributed by atoms with Gasteiger partial charge in [-0.25, -0.2) is 0 Å². The van der Waals surface area contributed by atoms with Crippen molar-refractivity contribution in [2.45, 2.75) is 92.3 Å². The molecule has 0 radical (unpaired) electrons. The molecule has 0 bridgehead atoms. The molecule has 0 aromatic heterocycles. The fourth-order valence-electron chi connectivity index (χ4n) is 2.03. The van der Waals surface area contributed by atoms with E-state index in [4.69, 9.17) is 28.7 Å². The lowest BCUT2D eigenvalue weighted by Crippen LogP contribution is -2.34. The number of rotatable bonds is 11. The van der Waals surface area contributed by atoms with Crippen molar-refractivity contribution < 1.29 is 14.4 Å². The molecule has 0 aliphatic heterocycles. The van der Waals surface area contributed by atoms with Gasteiger partial charge >= 0.3 is 0 Å². The Morgan fingerprint density at radius 3 is 1.33 bits per heavy atom. The molecule has 0 aromatic carbocycles. The van der Waals surface area contributed by atoms with Gasteiger partial charge in [0.05, 0.1) is 18.1 Å². The molecular weight excluding hydrogens is 384 g/mol. The number of hydrogen-bond donors (Lipinski definition) is 5. The Morgan fingerprint density at radius 2 is 1.13 bits per heavy atom. The maximum absolute atomic E-state index is 10.7. The lowest BCUT2D eigenvalue weighted by molar-refractivity contribution is -0.120. The highest BCUT2D eigenvalue weighted by atomic mass is 16.1. The third-order valence-electron chi connectivity index (χ3n) is 4.94. The predicted molar refractivity (Wildman–Crippen MR) is 125 cm³/mol. The Kier molecular flexibility index (Phi) is 20.9. The summed E-state index contributed by atoms with van der Waals surface area (Å²) in [6.07, 6.45) is 3.31. The third kappa shape index (κ3) is 19.5. The highest BCUT2D eigenvalue weighted by Gasteiger charge is 2.14. The molecule has 30 heavy (non-hydrogen) atoms. The maximum Gasteiger partial charge on any atom is 0.185 e. The molecule has 0 saturated carbocycles. The fourth-order valence-corrected chi connectivity index (χ4v) is 2.03. The van der Waals surface area contributed by atoms with Gasteiger partial charge in [-0.05, 0) is 45.4 Å². The van der Waals surface area contributed by atoms with Gasteiger partial charge in [0.1, 0.15) is 17.3 Å². The molecule has 0 aliphatic rings. The average Bonchev–Trinajstić information content (AvgIpc) is 2.68. The molecule has 0 fully saturated rings. The lowest BCUT2D eigenvalue weighted by Gasteiger charge is -2.13. The van der Waals surface area contributed by atoms with Crippen molar-refractivity contribution in [3.05, 3.63) is 0 Å². The summed E-state index contributed by atoms with van der Waals surface area (Å²) in [5.74, 6) is 0.893. The quantitative estimate of drug-likeness (QED) is 0.181. The van der Waals surface area contributed by atoms with Crippen LogP contribution < -0.4 is 28.7 Å². The van der Waals surface area contributed by atoms with Gasteiger partial charge in [-0.3, -0.25) is 19.4 Å². The van der Waals surface area contributed by atoms with Crippen molar-refractivity contribution >= 4 is 23.3 Å². The molecule has 5 atom stereocenters. The molecule has 9 nitrogen and oxygen atoms in total. The average molecular weight is 431 g/mol. The number of Topliss-reactive ketones (excluding diaryl/α,β-unsaturated/α-hetero) is 3. The van der Waals surface area contributed by atoms with Crippen LogP contribution in [0.1, 0.15) is 74.1 Å². The molecule has 0 saturated heterocycles. The van der Waals surface area contributed by atoms with E-state index in [1.165, 1.54) is 20.8 Å². The van der Waals surface area contributed by atoms with Crippen molar-refractivity contribution in [2.24, 2.45) is 45.5 Å². The summed E-state index contributed by atoms with van der Waals surface area (Å²) >= 11 is 0. The van der Waals surface area contributed by atoms with Gasteiger partial charge in [0.15, 0.2) is 5.96 Å². The topological polar surface area (TPSA) is 194 Å². The van der Waals surface area contributed by atoms with Crippen LogP contribution in [0.2, 0.25) is 0 Å². The normalized spacial score (nSPS) is 15.0. The van der Waals surface area contributed by atoms with Crippen molar-refractivity contribution in [3.8, 4) is 0 Å². The van der Waals surface area contributed by atoms with Gasteiger partial charge in [0, 0.05) is 6.54 Å². The molecule has 10 N–H and O–H groups in total. The third-order valence-corrected chi connectivity index (χ3v) is 4.94. The molecule has 0 rings (SSSR count). The SMILES string of the molecule is CC(=O)[C@H](N)CCCN=C(N)N.CCC(C)C(N)C(C)=O.CC[C@@H](C)[C@@H](N)C(C)=O. The van der Waals surface area contributed by atoms with E-state index in [1.807, 2.05) is 27.7 Å². The van der Waals surface area contributed by atoms with Crippen LogP contribution in [0.15, 0.2) is 4.99 Å². The molecule has 0 amide bonds. The molecule has 9 heteroatoms. The van der Waals surface area contributed by atoms with Crippen LogP contribution in [0, 0.1) is 11.8 Å². The molecule has 178 valence electrons. The first-order valence-electron chi connectivity index (χ1n) is 10.6. The monoisotopic (exact) mass is 430 g/mol. The minimum atomic E-state index is -0.376. The van der Waals surface area contributed by atoms with Gasteiger partial charge in [0.25, 0.3) is 0 Å². The van der Waals surface area contributed by atoms with E-state index in [1.54, 1.807) is 0 Å². The zero-order chi connectivity index (χ0) is 24.4. The van der Waals surface area contributed by atoms with E-state index in [2.05, 4.69) is 4.99 Å². The van der Waals surface area contributed by atoms with Crippen molar-refractivity contribution in [2.75, 3.05) is 6.54 Å². The van der Waals surface area contributed by atoms with E-state index < -0.39 is 0 Å². The number of nitrogens with two attached hydrogens (primary N) is 5. The van der Waals surface area contributed by atoms with E-state index in [-0.39, 0.29) is 41.4 Å². The Labute approximate surface area is 182 Å². The summed E-state index contributed by atoms with van der Waals surface area (Å²) in [5.41, 5.74) is 26.7. The lowest BCUT2D eigenvalue weighted by atomic mass is 9.97. The smallest absolute Gasteiger partial charge is 0.185 e. The number of carbonyl (C=O) groups is 3. The van der Waals surface area contributed by atoms with E-state index in [0.717, 1.165) is 19.3 Å². The van der Waals surface area contributed by atoms with Crippen molar-refractivity contribution in [1.29, 1.82) is 0 Å². The predicted octanol–water partition coefficient (Wildman–Crippen LogP) is 0.854. The van der Waals surface area contributed by atoms with Gasteiger partial charge in [-0.15, -0.1) is 0 Å². The van der Waals surface area contributed by atoms with Crippen LogP contribution in [-0.4, -0.2) is 48.0 Å². The zero-order valence-corrected chi connectivity index (χ0v) is 20.0. The van der Waals surface area contributed by atoms with Gasteiger partial charge in [-0.1, -0.05) is 40.5 Å². The molecule has 0 aliphatic carbocycles. The van der Waals surface area contributed by atoms with Crippen molar-refractivity contribution in [3.63, 3.8) is 0 Å². The maximum atomic E-state index is 10.7. The van der Waals surface area contributed by atoms with Crippen LogP contribution in [0.25, 0.3) is 0 Å². The van der Waals surface area contributed by atoms with E-state index >= 15 is 0 Å². The molecule has 2 unspecified atom stereocenters.